The predicted octanol–water partition coefficient (Wildman–Crippen LogP) is 3.65. The second-order valence-electron chi connectivity index (χ2n) is 5.61. The van der Waals surface area contributed by atoms with E-state index in [2.05, 4.69) is 21.2 Å². The van der Waals surface area contributed by atoms with Gasteiger partial charge in [0.1, 0.15) is 5.75 Å². The van der Waals surface area contributed by atoms with Crippen molar-refractivity contribution >= 4 is 32.5 Å². The third kappa shape index (κ3) is 2.28. The number of hydrogen-bond acceptors (Lipinski definition) is 4. The van der Waals surface area contributed by atoms with E-state index in [4.69, 9.17) is 14.5 Å². The van der Waals surface area contributed by atoms with Crippen LogP contribution in [0.2, 0.25) is 0 Å². The first kappa shape index (κ1) is 13.3. The Morgan fingerprint density at radius 1 is 1.38 bits per heavy atom. The minimum absolute atomic E-state index is 0.574. The van der Waals surface area contributed by atoms with E-state index in [9.17, 15) is 0 Å². The van der Waals surface area contributed by atoms with Gasteiger partial charge in [0.2, 0.25) is 0 Å². The van der Waals surface area contributed by atoms with E-state index in [1.165, 1.54) is 18.4 Å². The Bertz CT molecular complexity index is 713. The minimum atomic E-state index is 0.574. The monoisotopic (exact) mass is 348 g/mol. The largest absolute Gasteiger partial charge is 0.496 e. The van der Waals surface area contributed by atoms with Crippen molar-refractivity contribution < 1.29 is 9.47 Å². The van der Waals surface area contributed by atoms with Crippen LogP contribution < -0.4 is 10.1 Å². The van der Waals surface area contributed by atoms with E-state index in [1.807, 2.05) is 12.1 Å². The number of nitrogens with one attached hydrogen (secondary N) is 1. The van der Waals surface area contributed by atoms with E-state index in [0.29, 0.717) is 12.6 Å². The molecule has 0 amide bonds. The third-order valence-electron chi connectivity index (χ3n) is 4.11. The van der Waals surface area contributed by atoms with Crippen LogP contribution in [0.4, 0.5) is 5.69 Å². The van der Waals surface area contributed by atoms with Gasteiger partial charge in [-0.15, -0.1) is 0 Å². The first-order chi connectivity index (χ1) is 10.3. The Hall–Kier alpha value is -1.33. The van der Waals surface area contributed by atoms with E-state index in [1.54, 1.807) is 7.11 Å². The van der Waals surface area contributed by atoms with Gasteiger partial charge in [0.05, 0.1) is 42.6 Å². The number of methoxy groups -OCH3 is 1. The summed E-state index contributed by atoms with van der Waals surface area (Å²) in [5, 5.41) is 4.73. The molecule has 0 atom stereocenters. The Morgan fingerprint density at radius 2 is 2.24 bits per heavy atom. The van der Waals surface area contributed by atoms with Crippen LogP contribution in [0.1, 0.15) is 24.1 Å². The molecule has 2 heterocycles. The number of aromatic nitrogens is 1. The molecule has 21 heavy (non-hydrogen) atoms. The van der Waals surface area contributed by atoms with Gasteiger partial charge >= 0.3 is 0 Å². The van der Waals surface area contributed by atoms with Crippen LogP contribution in [-0.2, 0) is 17.8 Å². The maximum atomic E-state index is 5.66. The molecule has 1 aliphatic carbocycles. The number of anilines is 1. The first-order valence-corrected chi connectivity index (χ1v) is 8.09. The number of halogens is 1. The van der Waals surface area contributed by atoms with Crippen molar-refractivity contribution in [2.75, 3.05) is 19.0 Å². The molecule has 0 saturated heterocycles. The maximum Gasteiger partial charge on any atom is 0.130 e. The van der Waals surface area contributed by atoms with E-state index in [0.717, 1.165) is 45.5 Å². The van der Waals surface area contributed by atoms with Crippen molar-refractivity contribution in [2.24, 2.45) is 0 Å². The summed E-state index contributed by atoms with van der Waals surface area (Å²) >= 11 is 3.63. The lowest BCUT2D eigenvalue weighted by molar-refractivity contribution is 0.110. The number of pyridine rings is 1. The van der Waals surface area contributed by atoms with Crippen molar-refractivity contribution in [1.82, 2.24) is 4.98 Å². The molecule has 0 unspecified atom stereocenters. The number of rotatable bonds is 3. The van der Waals surface area contributed by atoms with Gasteiger partial charge in [-0.2, -0.15) is 0 Å². The highest BCUT2D eigenvalue weighted by molar-refractivity contribution is 9.10. The lowest BCUT2D eigenvalue weighted by Gasteiger charge is -2.23. The van der Waals surface area contributed by atoms with Crippen molar-refractivity contribution in [3.63, 3.8) is 0 Å². The standard InChI is InChI=1S/C16H17BrN2O2/c1-20-13-5-4-11(17)16-14(13)15(18-9-2-3-9)10-8-21-7-6-12(10)19-16/h4-5,9H,2-3,6-8H2,1H3,(H,18,19). The highest BCUT2D eigenvalue weighted by Gasteiger charge is 2.27. The van der Waals surface area contributed by atoms with Crippen LogP contribution in [0.25, 0.3) is 10.9 Å². The summed E-state index contributed by atoms with van der Waals surface area (Å²) in [6, 6.07) is 4.56. The van der Waals surface area contributed by atoms with Crippen LogP contribution in [0.15, 0.2) is 16.6 Å². The number of nitrogens with zero attached hydrogens (tertiary/aromatic N) is 1. The zero-order valence-electron chi connectivity index (χ0n) is 11.9. The lowest BCUT2D eigenvalue weighted by Crippen LogP contribution is -2.16. The molecule has 4 rings (SSSR count). The quantitative estimate of drug-likeness (QED) is 0.919. The molecule has 1 saturated carbocycles. The van der Waals surface area contributed by atoms with Crippen LogP contribution in [0, 0.1) is 0 Å². The lowest BCUT2D eigenvalue weighted by atomic mass is 10.0. The highest BCUT2D eigenvalue weighted by atomic mass is 79.9. The molecule has 1 N–H and O–H groups in total. The number of hydrogen-bond donors (Lipinski definition) is 1. The average molecular weight is 349 g/mol. The molecule has 1 aliphatic heterocycles. The van der Waals surface area contributed by atoms with E-state index >= 15 is 0 Å². The van der Waals surface area contributed by atoms with Gasteiger partial charge < -0.3 is 14.8 Å². The highest BCUT2D eigenvalue weighted by Crippen LogP contribution is 2.41. The molecule has 0 radical (unpaired) electrons. The zero-order chi connectivity index (χ0) is 14.4. The summed E-state index contributed by atoms with van der Waals surface area (Å²) in [6.07, 6.45) is 3.33. The molecule has 1 aromatic carbocycles. The molecule has 5 heteroatoms. The summed E-state index contributed by atoms with van der Waals surface area (Å²) < 4.78 is 12.2. The van der Waals surface area contributed by atoms with Crippen LogP contribution in [0.5, 0.6) is 5.75 Å². The Labute approximate surface area is 132 Å². The third-order valence-corrected chi connectivity index (χ3v) is 4.75. The molecule has 4 nitrogen and oxygen atoms in total. The van der Waals surface area contributed by atoms with Crippen LogP contribution >= 0.6 is 15.9 Å². The van der Waals surface area contributed by atoms with Crippen molar-refractivity contribution in [2.45, 2.75) is 31.9 Å². The van der Waals surface area contributed by atoms with E-state index in [-0.39, 0.29) is 0 Å². The summed E-state index contributed by atoms with van der Waals surface area (Å²) in [5.41, 5.74) is 4.46. The van der Waals surface area contributed by atoms with Crippen molar-refractivity contribution in [1.29, 1.82) is 0 Å². The predicted molar refractivity (Wildman–Crippen MR) is 86.0 cm³/mol. The molecular weight excluding hydrogens is 332 g/mol. The Morgan fingerprint density at radius 3 is 3.00 bits per heavy atom. The maximum absolute atomic E-state index is 5.66. The Balaban J connectivity index is 2.03. The molecular formula is C16H17BrN2O2. The fourth-order valence-corrected chi connectivity index (χ4v) is 3.28. The SMILES string of the molecule is COc1ccc(Br)c2nc3c(c(NC4CC4)c12)COCC3. The van der Waals surface area contributed by atoms with Gasteiger partial charge in [0.25, 0.3) is 0 Å². The smallest absolute Gasteiger partial charge is 0.130 e. The van der Waals surface area contributed by atoms with Crippen LogP contribution in [0.3, 0.4) is 0 Å². The summed E-state index contributed by atoms with van der Waals surface area (Å²) in [6.45, 7) is 1.37. The van der Waals surface area contributed by atoms with Crippen molar-refractivity contribution in [3.8, 4) is 5.75 Å². The van der Waals surface area contributed by atoms with Gasteiger partial charge in [0, 0.05) is 22.5 Å². The van der Waals surface area contributed by atoms with Gasteiger partial charge in [-0.1, -0.05) is 0 Å². The van der Waals surface area contributed by atoms with Gasteiger partial charge in [-0.3, -0.25) is 4.98 Å². The molecule has 1 aromatic heterocycles. The normalized spacial score (nSPS) is 17.6. The molecule has 110 valence electrons. The van der Waals surface area contributed by atoms with Gasteiger partial charge in [-0.25, -0.2) is 0 Å². The Kier molecular flexibility index (Phi) is 3.27. The molecule has 0 bridgehead atoms. The minimum Gasteiger partial charge on any atom is -0.496 e. The number of ether oxygens (including phenoxy) is 2. The molecule has 2 aromatic rings. The second-order valence-corrected chi connectivity index (χ2v) is 6.46. The second kappa shape index (κ2) is 5.14. The molecule has 2 aliphatic rings. The molecule has 0 spiro atoms. The fraction of sp³-hybridized carbons (Fsp3) is 0.438. The number of fused-ring (bicyclic) bond motifs is 2. The molecule has 1 fully saturated rings. The summed E-state index contributed by atoms with van der Waals surface area (Å²) in [5.74, 6) is 0.859. The van der Waals surface area contributed by atoms with E-state index < -0.39 is 0 Å². The average Bonchev–Trinajstić information content (AvgIpc) is 3.32. The zero-order valence-corrected chi connectivity index (χ0v) is 13.5. The topological polar surface area (TPSA) is 43.4 Å². The van der Waals surface area contributed by atoms with Crippen LogP contribution in [-0.4, -0.2) is 24.7 Å². The van der Waals surface area contributed by atoms with Crippen molar-refractivity contribution in [3.05, 3.63) is 27.9 Å². The van der Waals surface area contributed by atoms with Gasteiger partial charge in [0.15, 0.2) is 0 Å². The summed E-state index contributed by atoms with van der Waals surface area (Å²) in [4.78, 5) is 4.87. The number of benzene rings is 1. The fourth-order valence-electron chi connectivity index (χ4n) is 2.86. The van der Waals surface area contributed by atoms with Gasteiger partial charge in [-0.05, 0) is 40.9 Å². The summed E-state index contributed by atoms with van der Waals surface area (Å²) in [7, 11) is 1.71. The first-order valence-electron chi connectivity index (χ1n) is 7.30.